The number of halogens is 3. The van der Waals surface area contributed by atoms with Crippen molar-refractivity contribution in [2.75, 3.05) is 0 Å². The second-order valence-electron chi connectivity index (χ2n) is 10.0. The van der Waals surface area contributed by atoms with Crippen LogP contribution < -0.4 is 9.47 Å². The van der Waals surface area contributed by atoms with Crippen LogP contribution in [0.5, 0.6) is 17.2 Å². The van der Waals surface area contributed by atoms with Gasteiger partial charge in [-0.3, -0.25) is 0 Å². The second-order valence-corrected chi connectivity index (χ2v) is 10.0. The summed E-state index contributed by atoms with van der Waals surface area (Å²) in [5.74, 6) is 1.22. The summed E-state index contributed by atoms with van der Waals surface area (Å²) in [7, 11) is 0. The van der Waals surface area contributed by atoms with E-state index in [1.165, 1.54) is 43.3 Å². The number of hydrogen-bond donors (Lipinski definition) is 0. The molecule has 3 rings (SSSR count). The third kappa shape index (κ3) is 5.62. The molecular formula is C29H30F3NO2. The van der Waals surface area contributed by atoms with Gasteiger partial charge in [-0.05, 0) is 79.3 Å². The van der Waals surface area contributed by atoms with E-state index >= 15 is 0 Å². The van der Waals surface area contributed by atoms with Gasteiger partial charge in [0.1, 0.15) is 28.7 Å². The molecule has 3 aromatic rings. The minimum atomic E-state index is -4.54. The molecule has 0 bridgehead atoms. The number of rotatable bonds is 6. The van der Waals surface area contributed by atoms with Gasteiger partial charge in [0.25, 0.3) is 0 Å². The molecule has 0 saturated heterocycles. The third-order valence-corrected chi connectivity index (χ3v) is 6.00. The molecule has 0 N–H and O–H groups in total. The first-order valence-corrected chi connectivity index (χ1v) is 11.4. The van der Waals surface area contributed by atoms with Crippen molar-refractivity contribution in [3.05, 3.63) is 89.0 Å². The third-order valence-electron chi connectivity index (χ3n) is 6.00. The van der Waals surface area contributed by atoms with E-state index in [0.29, 0.717) is 22.8 Å². The Morgan fingerprint density at radius 2 is 1.23 bits per heavy atom. The molecule has 0 aliphatic carbocycles. The van der Waals surface area contributed by atoms with E-state index in [2.05, 4.69) is 6.07 Å². The Balaban J connectivity index is 1.92. The first-order chi connectivity index (χ1) is 16.3. The molecule has 184 valence electrons. The highest BCUT2D eigenvalue weighted by atomic mass is 19.4. The standard InChI is InChI=1S/C29H30F3NO2/c1-19(2)34-24-12-7-21(8-13-24)28(6,29(30,31)32)22-9-14-25(15-10-22)35-26-16-11-23(27(3,4)5)17-20(26)18-33/h7-17,19H,1-6H3. The van der Waals surface area contributed by atoms with Gasteiger partial charge in [0.05, 0.1) is 11.7 Å². The zero-order valence-corrected chi connectivity index (χ0v) is 20.8. The van der Waals surface area contributed by atoms with Crippen LogP contribution >= 0.6 is 0 Å². The molecule has 0 spiro atoms. The number of hydrogen-bond acceptors (Lipinski definition) is 3. The van der Waals surface area contributed by atoms with Gasteiger partial charge in [0.2, 0.25) is 0 Å². The monoisotopic (exact) mass is 481 g/mol. The van der Waals surface area contributed by atoms with Crippen molar-refractivity contribution >= 4 is 0 Å². The molecule has 3 nitrogen and oxygen atoms in total. The van der Waals surface area contributed by atoms with Crippen molar-refractivity contribution in [1.82, 2.24) is 0 Å². The van der Waals surface area contributed by atoms with E-state index in [4.69, 9.17) is 9.47 Å². The first-order valence-electron chi connectivity index (χ1n) is 11.4. The summed E-state index contributed by atoms with van der Waals surface area (Å²) < 4.78 is 54.5. The van der Waals surface area contributed by atoms with Crippen molar-refractivity contribution in [2.24, 2.45) is 0 Å². The number of ether oxygens (including phenoxy) is 2. The van der Waals surface area contributed by atoms with Crippen molar-refractivity contribution in [3.8, 4) is 23.3 Å². The highest BCUT2D eigenvalue weighted by Crippen LogP contribution is 2.47. The molecule has 6 heteroatoms. The van der Waals surface area contributed by atoms with E-state index in [9.17, 15) is 18.4 Å². The maximum atomic E-state index is 14.4. The summed E-state index contributed by atoms with van der Waals surface area (Å²) in [6.45, 7) is 11.0. The Kier molecular flexibility index (Phi) is 7.21. The van der Waals surface area contributed by atoms with Gasteiger partial charge in [0, 0.05) is 0 Å². The average molecular weight is 482 g/mol. The summed E-state index contributed by atoms with van der Waals surface area (Å²) in [5.41, 5.74) is -0.813. The molecule has 0 saturated carbocycles. The van der Waals surface area contributed by atoms with Crippen LogP contribution in [0.4, 0.5) is 13.2 Å². The lowest BCUT2D eigenvalue weighted by Gasteiger charge is -2.33. The van der Waals surface area contributed by atoms with Crippen LogP contribution in [-0.2, 0) is 10.8 Å². The first kappa shape index (κ1) is 26.2. The summed E-state index contributed by atoms with van der Waals surface area (Å²) >= 11 is 0. The van der Waals surface area contributed by atoms with Gasteiger partial charge >= 0.3 is 6.18 Å². The lowest BCUT2D eigenvalue weighted by atomic mass is 9.75. The van der Waals surface area contributed by atoms with Crippen molar-refractivity contribution in [3.63, 3.8) is 0 Å². The van der Waals surface area contributed by atoms with Crippen LogP contribution in [0.2, 0.25) is 0 Å². The maximum absolute atomic E-state index is 14.4. The summed E-state index contributed by atoms with van der Waals surface area (Å²) in [5, 5.41) is 9.56. The van der Waals surface area contributed by atoms with E-state index in [-0.39, 0.29) is 22.6 Å². The van der Waals surface area contributed by atoms with E-state index in [1.54, 1.807) is 24.3 Å². The molecule has 0 fully saturated rings. The summed E-state index contributed by atoms with van der Waals surface area (Å²) in [4.78, 5) is 0. The normalized spacial score (nSPS) is 13.7. The van der Waals surface area contributed by atoms with Crippen LogP contribution in [-0.4, -0.2) is 12.3 Å². The maximum Gasteiger partial charge on any atom is 0.402 e. The van der Waals surface area contributed by atoms with Crippen LogP contribution in [0, 0.1) is 11.3 Å². The number of nitrogens with zero attached hydrogens (tertiary/aromatic N) is 1. The van der Waals surface area contributed by atoms with Gasteiger partial charge in [-0.2, -0.15) is 18.4 Å². The molecule has 0 radical (unpaired) electrons. The summed E-state index contributed by atoms with van der Waals surface area (Å²) in [6.07, 6.45) is -4.61. The van der Waals surface area contributed by atoms with Crippen molar-refractivity contribution < 1.29 is 22.6 Å². The minimum Gasteiger partial charge on any atom is -0.491 e. The van der Waals surface area contributed by atoms with Gasteiger partial charge in [-0.15, -0.1) is 0 Å². The number of nitriles is 1. The zero-order valence-electron chi connectivity index (χ0n) is 20.8. The fraction of sp³-hybridized carbons (Fsp3) is 0.345. The highest BCUT2D eigenvalue weighted by molar-refractivity contribution is 5.50. The lowest BCUT2D eigenvalue weighted by Crippen LogP contribution is -2.40. The van der Waals surface area contributed by atoms with Gasteiger partial charge < -0.3 is 9.47 Å². The molecule has 0 aliphatic rings. The quantitative estimate of drug-likeness (QED) is 0.356. The van der Waals surface area contributed by atoms with Gasteiger partial charge in [0.15, 0.2) is 0 Å². The van der Waals surface area contributed by atoms with Gasteiger partial charge in [-0.25, -0.2) is 0 Å². The van der Waals surface area contributed by atoms with Crippen LogP contribution in [0.25, 0.3) is 0 Å². The Labute approximate surface area is 205 Å². The van der Waals surface area contributed by atoms with Crippen LogP contribution in [0.3, 0.4) is 0 Å². The largest absolute Gasteiger partial charge is 0.491 e. The lowest BCUT2D eigenvalue weighted by molar-refractivity contribution is -0.173. The Morgan fingerprint density at radius 3 is 1.66 bits per heavy atom. The number of benzene rings is 3. The molecule has 1 unspecified atom stereocenters. The topological polar surface area (TPSA) is 42.2 Å². The molecule has 35 heavy (non-hydrogen) atoms. The fourth-order valence-electron chi connectivity index (χ4n) is 3.79. The molecule has 0 aromatic heterocycles. The molecule has 3 aromatic carbocycles. The summed E-state index contributed by atoms with van der Waals surface area (Å²) in [6, 6.07) is 19.3. The van der Waals surface area contributed by atoms with E-state index in [1.807, 2.05) is 40.7 Å². The second kappa shape index (κ2) is 9.65. The smallest absolute Gasteiger partial charge is 0.402 e. The van der Waals surface area contributed by atoms with Gasteiger partial charge in [-0.1, -0.05) is 51.1 Å². The molecule has 1 atom stereocenters. The Hall–Kier alpha value is -3.46. The SMILES string of the molecule is CC(C)Oc1ccc(C(C)(c2ccc(Oc3ccc(C(C)(C)C)cc3C#N)cc2)C(F)(F)F)cc1. The fourth-order valence-corrected chi connectivity index (χ4v) is 3.79. The van der Waals surface area contributed by atoms with Crippen LogP contribution in [0.15, 0.2) is 66.7 Å². The molecule has 0 aliphatic heterocycles. The predicted molar refractivity (Wildman–Crippen MR) is 131 cm³/mol. The van der Waals surface area contributed by atoms with Crippen LogP contribution in [0.1, 0.15) is 63.8 Å². The predicted octanol–water partition coefficient (Wildman–Crippen LogP) is 8.30. The highest BCUT2D eigenvalue weighted by Gasteiger charge is 2.53. The van der Waals surface area contributed by atoms with Crippen molar-refractivity contribution in [2.45, 2.75) is 64.7 Å². The van der Waals surface area contributed by atoms with E-state index < -0.39 is 11.6 Å². The molecular weight excluding hydrogens is 451 g/mol. The average Bonchev–Trinajstić information content (AvgIpc) is 2.78. The molecule has 0 amide bonds. The Morgan fingerprint density at radius 1 is 0.743 bits per heavy atom. The van der Waals surface area contributed by atoms with E-state index in [0.717, 1.165) is 5.56 Å². The minimum absolute atomic E-state index is 0.0754. The Bertz CT molecular complexity index is 1200. The molecule has 0 heterocycles. The zero-order chi connectivity index (χ0) is 26.0. The number of alkyl halides is 3. The van der Waals surface area contributed by atoms with Crippen molar-refractivity contribution in [1.29, 1.82) is 5.26 Å².